The maximum absolute atomic E-state index is 11.9. The summed E-state index contributed by atoms with van der Waals surface area (Å²) in [5, 5.41) is 6.05. The maximum atomic E-state index is 11.9. The fourth-order valence-corrected chi connectivity index (χ4v) is 1.66. The van der Waals surface area contributed by atoms with Crippen molar-refractivity contribution in [2.75, 3.05) is 11.1 Å². The molecule has 6 nitrogen and oxygen atoms in total. The van der Waals surface area contributed by atoms with Gasteiger partial charge in [0.1, 0.15) is 0 Å². The lowest BCUT2D eigenvalue weighted by atomic mass is 10.2. The van der Waals surface area contributed by atoms with Gasteiger partial charge < -0.3 is 10.3 Å². The van der Waals surface area contributed by atoms with Crippen LogP contribution in [0.15, 0.2) is 27.2 Å². The van der Waals surface area contributed by atoms with Gasteiger partial charge in [0.15, 0.2) is 5.82 Å². The van der Waals surface area contributed by atoms with E-state index in [1.807, 2.05) is 0 Å². The Bertz CT molecular complexity index is 567. The largest absolute Gasteiger partial charge is 0.399 e. The Morgan fingerprint density at radius 3 is 2.94 bits per heavy atom. The number of halogens is 1. The Balaban J connectivity index is 2.22. The van der Waals surface area contributed by atoms with E-state index in [0.717, 1.165) is 0 Å². The van der Waals surface area contributed by atoms with Crippen molar-refractivity contribution in [1.29, 1.82) is 0 Å². The van der Waals surface area contributed by atoms with Gasteiger partial charge >= 0.3 is 6.01 Å². The molecular weight excluding hydrogens is 288 g/mol. The monoisotopic (exact) mass is 296 g/mol. The molecule has 0 fully saturated rings. The van der Waals surface area contributed by atoms with Crippen LogP contribution in [0.3, 0.4) is 0 Å². The van der Waals surface area contributed by atoms with Crippen molar-refractivity contribution in [3.63, 3.8) is 0 Å². The molecule has 1 amide bonds. The quantitative estimate of drug-likeness (QED) is 0.826. The van der Waals surface area contributed by atoms with Crippen LogP contribution in [0, 0.1) is 6.92 Å². The second-order valence-electron chi connectivity index (χ2n) is 3.34. The molecule has 0 atom stereocenters. The van der Waals surface area contributed by atoms with Crippen molar-refractivity contribution in [2.45, 2.75) is 6.92 Å². The lowest BCUT2D eigenvalue weighted by Crippen LogP contribution is -2.13. The maximum Gasteiger partial charge on any atom is 0.328 e. The summed E-state index contributed by atoms with van der Waals surface area (Å²) < 4.78 is 5.43. The molecule has 0 aliphatic carbocycles. The molecule has 0 saturated carbocycles. The number of carbonyl (C=O) groups is 1. The SMILES string of the molecule is Cc1noc(NC(=O)c2cc(N)ccc2Br)n1. The number of nitrogens with zero attached hydrogens (tertiary/aromatic N) is 2. The molecule has 0 aliphatic rings. The van der Waals surface area contributed by atoms with Crippen LogP contribution in [0.5, 0.6) is 0 Å². The Kier molecular flexibility index (Phi) is 3.10. The van der Waals surface area contributed by atoms with E-state index in [4.69, 9.17) is 10.3 Å². The summed E-state index contributed by atoms with van der Waals surface area (Å²) in [6.07, 6.45) is 0. The van der Waals surface area contributed by atoms with Crippen molar-refractivity contribution in [1.82, 2.24) is 10.1 Å². The van der Waals surface area contributed by atoms with Gasteiger partial charge in [-0.3, -0.25) is 10.1 Å². The third kappa shape index (κ3) is 2.62. The topological polar surface area (TPSA) is 94.0 Å². The van der Waals surface area contributed by atoms with Gasteiger partial charge in [-0.1, -0.05) is 5.16 Å². The fraction of sp³-hybridized carbons (Fsp3) is 0.100. The molecule has 7 heteroatoms. The van der Waals surface area contributed by atoms with E-state index in [0.29, 0.717) is 21.5 Å². The Labute approximate surface area is 105 Å². The van der Waals surface area contributed by atoms with Crippen molar-refractivity contribution < 1.29 is 9.32 Å². The molecular formula is C10H9BrN4O2. The number of rotatable bonds is 2. The minimum absolute atomic E-state index is 0.0572. The first-order valence-electron chi connectivity index (χ1n) is 4.73. The molecule has 1 aromatic heterocycles. The Morgan fingerprint density at radius 1 is 1.53 bits per heavy atom. The van der Waals surface area contributed by atoms with E-state index in [1.165, 1.54) is 0 Å². The van der Waals surface area contributed by atoms with Gasteiger partial charge in [-0.05, 0) is 41.1 Å². The fourth-order valence-electron chi connectivity index (χ4n) is 1.23. The standard InChI is InChI=1S/C10H9BrN4O2/c1-5-13-10(17-15-5)14-9(16)7-4-6(12)2-3-8(7)11/h2-4H,12H2,1H3,(H,13,14,15,16). The first-order chi connectivity index (χ1) is 8.06. The highest BCUT2D eigenvalue weighted by atomic mass is 79.9. The van der Waals surface area contributed by atoms with Crippen LogP contribution in [0.4, 0.5) is 11.7 Å². The molecule has 2 aromatic rings. The van der Waals surface area contributed by atoms with E-state index < -0.39 is 0 Å². The van der Waals surface area contributed by atoms with Crippen LogP contribution in [0.25, 0.3) is 0 Å². The summed E-state index contributed by atoms with van der Waals surface area (Å²) in [6, 6.07) is 5.01. The number of nitrogens with one attached hydrogen (secondary N) is 1. The molecule has 88 valence electrons. The average Bonchev–Trinajstić information content (AvgIpc) is 2.67. The van der Waals surface area contributed by atoms with Crippen LogP contribution in [0.2, 0.25) is 0 Å². The van der Waals surface area contributed by atoms with Crippen LogP contribution in [0.1, 0.15) is 16.2 Å². The van der Waals surface area contributed by atoms with Crippen molar-refractivity contribution in [3.05, 3.63) is 34.1 Å². The third-order valence-electron chi connectivity index (χ3n) is 1.98. The molecule has 1 heterocycles. The average molecular weight is 297 g/mol. The number of anilines is 2. The summed E-state index contributed by atoms with van der Waals surface area (Å²) in [5.41, 5.74) is 6.51. The third-order valence-corrected chi connectivity index (χ3v) is 2.67. The number of nitrogens with two attached hydrogens (primary N) is 1. The lowest BCUT2D eigenvalue weighted by Gasteiger charge is -2.04. The molecule has 0 unspecified atom stereocenters. The zero-order valence-electron chi connectivity index (χ0n) is 8.90. The molecule has 0 radical (unpaired) electrons. The highest BCUT2D eigenvalue weighted by Gasteiger charge is 2.13. The summed E-state index contributed by atoms with van der Waals surface area (Å²) in [5.74, 6) is 0.0831. The van der Waals surface area contributed by atoms with Crippen LogP contribution >= 0.6 is 15.9 Å². The zero-order chi connectivity index (χ0) is 12.4. The van der Waals surface area contributed by atoms with E-state index in [-0.39, 0.29) is 11.9 Å². The number of hydrogen-bond acceptors (Lipinski definition) is 5. The molecule has 17 heavy (non-hydrogen) atoms. The zero-order valence-corrected chi connectivity index (χ0v) is 10.5. The van der Waals surface area contributed by atoms with Gasteiger partial charge in [0.25, 0.3) is 5.91 Å². The van der Waals surface area contributed by atoms with Crippen LogP contribution in [-0.2, 0) is 0 Å². The Morgan fingerprint density at radius 2 is 2.29 bits per heavy atom. The highest BCUT2D eigenvalue weighted by molar-refractivity contribution is 9.10. The first-order valence-corrected chi connectivity index (χ1v) is 5.52. The number of carbonyl (C=O) groups excluding carboxylic acids is 1. The number of amides is 1. The molecule has 3 N–H and O–H groups in total. The van der Waals surface area contributed by atoms with E-state index in [1.54, 1.807) is 25.1 Å². The number of hydrogen-bond donors (Lipinski definition) is 2. The molecule has 1 aromatic carbocycles. The van der Waals surface area contributed by atoms with Crippen molar-refractivity contribution >= 4 is 33.5 Å². The molecule has 0 saturated heterocycles. The number of aryl methyl sites for hydroxylation is 1. The molecule has 0 aliphatic heterocycles. The van der Waals surface area contributed by atoms with E-state index in [9.17, 15) is 4.79 Å². The summed E-state index contributed by atoms with van der Waals surface area (Å²) >= 11 is 3.27. The predicted molar refractivity (Wildman–Crippen MR) is 65.5 cm³/mol. The van der Waals surface area contributed by atoms with E-state index >= 15 is 0 Å². The van der Waals surface area contributed by atoms with Gasteiger partial charge in [-0.15, -0.1) is 0 Å². The van der Waals surface area contributed by atoms with Gasteiger partial charge in [0.2, 0.25) is 0 Å². The normalized spacial score (nSPS) is 10.2. The minimum atomic E-state index is -0.368. The molecule has 0 bridgehead atoms. The molecule has 2 rings (SSSR count). The highest BCUT2D eigenvalue weighted by Crippen LogP contribution is 2.20. The second kappa shape index (κ2) is 4.54. The first kappa shape index (κ1) is 11.6. The van der Waals surface area contributed by atoms with Gasteiger partial charge in [-0.2, -0.15) is 4.98 Å². The minimum Gasteiger partial charge on any atom is -0.399 e. The smallest absolute Gasteiger partial charge is 0.328 e. The summed E-state index contributed by atoms with van der Waals surface area (Å²) in [4.78, 5) is 15.7. The Hall–Kier alpha value is -1.89. The van der Waals surface area contributed by atoms with Gasteiger partial charge in [-0.25, -0.2) is 0 Å². The number of aromatic nitrogens is 2. The van der Waals surface area contributed by atoms with Crippen molar-refractivity contribution in [2.24, 2.45) is 0 Å². The van der Waals surface area contributed by atoms with Crippen LogP contribution < -0.4 is 11.1 Å². The lowest BCUT2D eigenvalue weighted by molar-refractivity contribution is 0.102. The second-order valence-corrected chi connectivity index (χ2v) is 4.19. The summed E-state index contributed by atoms with van der Waals surface area (Å²) in [6.45, 7) is 1.66. The molecule has 0 spiro atoms. The number of nitrogen functional groups attached to an aromatic ring is 1. The summed E-state index contributed by atoms with van der Waals surface area (Å²) in [7, 11) is 0. The van der Waals surface area contributed by atoms with E-state index in [2.05, 4.69) is 31.4 Å². The predicted octanol–water partition coefficient (Wildman–Crippen LogP) is 1.98. The van der Waals surface area contributed by atoms with Crippen LogP contribution in [-0.4, -0.2) is 16.0 Å². The van der Waals surface area contributed by atoms with Gasteiger partial charge in [0.05, 0.1) is 5.56 Å². The number of benzene rings is 1. The van der Waals surface area contributed by atoms with Crippen molar-refractivity contribution in [3.8, 4) is 0 Å². The van der Waals surface area contributed by atoms with Gasteiger partial charge in [0, 0.05) is 10.2 Å².